The maximum atomic E-state index is 12.4. The van der Waals surface area contributed by atoms with E-state index in [9.17, 15) is 4.79 Å². The summed E-state index contributed by atoms with van der Waals surface area (Å²) in [5.41, 5.74) is 4.33. The molecule has 3 rings (SSSR count). The van der Waals surface area contributed by atoms with Gasteiger partial charge >= 0.3 is 0 Å². The molecular formula is C14H15N3OS. The minimum Gasteiger partial charge on any atom is -0.293 e. The standard InChI is InChI=1S/C14H15N3OS/c1-4-10-8(2)15-13-12(11-6-5-7-19-11)9(3)16-17(13)14(10)18/h5-7,16H,4H2,1-3H3. The minimum absolute atomic E-state index is 0.0101. The number of rotatable bonds is 2. The molecule has 3 aromatic heterocycles. The molecule has 0 aliphatic heterocycles. The summed E-state index contributed by atoms with van der Waals surface area (Å²) in [4.78, 5) is 18.2. The van der Waals surface area contributed by atoms with E-state index in [-0.39, 0.29) is 5.56 Å². The van der Waals surface area contributed by atoms with Crippen molar-refractivity contribution in [3.8, 4) is 10.4 Å². The zero-order valence-corrected chi connectivity index (χ0v) is 12.0. The average Bonchev–Trinajstić information content (AvgIpc) is 2.97. The summed E-state index contributed by atoms with van der Waals surface area (Å²) >= 11 is 1.66. The third kappa shape index (κ3) is 1.73. The highest BCUT2D eigenvalue weighted by molar-refractivity contribution is 7.13. The van der Waals surface area contributed by atoms with E-state index in [4.69, 9.17) is 0 Å². The van der Waals surface area contributed by atoms with E-state index in [1.807, 2.05) is 32.2 Å². The number of aromatic amines is 1. The lowest BCUT2D eigenvalue weighted by atomic mass is 10.1. The predicted molar refractivity (Wildman–Crippen MR) is 78.0 cm³/mol. The number of fused-ring (bicyclic) bond motifs is 1. The molecule has 98 valence electrons. The van der Waals surface area contributed by atoms with Crippen LogP contribution in [0.5, 0.6) is 0 Å². The Balaban J connectivity index is 2.43. The van der Waals surface area contributed by atoms with E-state index in [1.54, 1.807) is 15.9 Å². The zero-order valence-electron chi connectivity index (χ0n) is 11.2. The highest BCUT2D eigenvalue weighted by Crippen LogP contribution is 2.30. The quantitative estimate of drug-likeness (QED) is 0.780. The van der Waals surface area contributed by atoms with E-state index >= 15 is 0 Å². The Hall–Kier alpha value is -1.88. The largest absolute Gasteiger partial charge is 0.293 e. The molecule has 3 aromatic rings. The number of hydrogen-bond acceptors (Lipinski definition) is 3. The summed E-state index contributed by atoms with van der Waals surface area (Å²) in [6.07, 6.45) is 0.701. The molecule has 19 heavy (non-hydrogen) atoms. The Kier molecular flexibility index (Phi) is 2.78. The van der Waals surface area contributed by atoms with Gasteiger partial charge in [0.1, 0.15) is 0 Å². The van der Waals surface area contributed by atoms with Crippen molar-refractivity contribution in [1.29, 1.82) is 0 Å². The van der Waals surface area contributed by atoms with Crippen LogP contribution in [0.2, 0.25) is 0 Å². The normalized spacial score (nSPS) is 11.3. The van der Waals surface area contributed by atoms with Crippen LogP contribution in [0.1, 0.15) is 23.9 Å². The van der Waals surface area contributed by atoms with Gasteiger partial charge in [-0.05, 0) is 31.7 Å². The molecule has 0 fully saturated rings. The van der Waals surface area contributed by atoms with Crippen molar-refractivity contribution in [1.82, 2.24) is 14.6 Å². The van der Waals surface area contributed by atoms with Gasteiger partial charge in [-0.25, -0.2) is 9.50 Å². The number of H-pyrrole nitrogens is 1. The molecule has 3 heterocycles. The second-order valence-corrected chi connectivity index (χ2v) is 5.53. The molecule has 0 amide bonds. The fourth-order valence-electron chi connectivity index (χ4n) is 2.45. The van der Waals surface area contributed by atoms with Gasteiger partial charge in [-0.3, -0.25) is 9.89 Å². The van der Waals surface area contributed by atoms with Crippen LogP contribution in [-0.4, -0.2) is 14.6 Å². The van der Waals surface area contributed by atoms with Crippen LogP contribution < -0.4 is 5.56 Å². The molecule has 4 nitrogen and oxygen atoms in total. The zero-order chi connectivity index (χ0) is 13.6. The molecule has 0 saturated carbocycles. The van der Waals surface area contributed by atoms with Gasteiger partial charge in [-0.15, -0.1) is 11.3 Å². The van der Waals surface area contributed by atoms with Gasteiger partial charge in [-0.2, -0.15) is 0 Å². The van der Waals surface area contributed by atoms with Crippen molar-refractivity contribution < 1.29 is 0 Å². The van der Waals surface area contributed by atoms with E-state index < -0.39 is 0 Å². The van der Waals surface area contributed by atoms with Gasteiger partial charge in [0, 0.05) is 21.8 Å². The van der Waals surface area contributed by atoms with E-state index in [2.05, 4.69) is 16.1 Å². The van der Waals surface area contributed by atoms with Gasteiger partial charge in [0.05, 0.1) is 5.56 Å². The first-order chi connectivity index (χ1) is 9.13. The van der Waals surface area contributed by atoms with Crippen molar-refractivity contribution >= 4 is 17.0 Å². The van der Waals surface area contributed by atoms with Gasteiger partial charge in [0.15, 0.2) is 5.65 Å². The second-order valence-electron chi connectivity index (χ2n) is 4.58. The highest BCUT2D eigenvalue weighted by Gasteiger charge is 2.17. The van der Waals surface area contributed by atoms with Crippen molar-refractivity contribution in [2.24, 2.45) is 0 Å². The Bertz CT molecular complexity index is 796. The SMILES string of the molecule is CCc1c(C)nc2c(-c3cccs3)c(C)[nH]n2c1=O. The number of nitrogens with one attached hydrogen (secondary N) is 1. The molecule has 0 saturated heterocycles. The Labute approximate surface area is 114 Å². The number of aryl methyl sites for hydroxylation is 2. The highest BCUT2D eigenvalue weighted by atomic mass is 32.1. The maximum absolute atomic E-state index is 12.4. The van der Waals surface area contributed by atoms with Crippen LogP contribution in [0.3, 0.4) is 0 Å². The maximum Gasteiger partial charge on any atom is 0.276 e. The van der Waals surface area contributed by atoms with Crippen molar-refractivity contribution in [2.45, 2.75) is 27.2 Å². The molecule has 0 radical (unpaired) electrons. The Morgan fingerprint density at radius 3 is 2.84 bits per heavy atom. The molecule has 0 aliphatic carbocycles. The number of nitrogens with zero attached hydrogens (tertiary/aromatic N) is 2. The third-order valence-electron chi connectivity index (χ3n) is 3.38. The fourth-order valence-corrected chi connectivity index (χ4v) is 3.27. The third-order valence-corrected chi connectivity index (χ3v) is 4.27. The van der Waals surface area contributed by atoms with Crippen LogP contribution in [0.25, 0.3) is 16.1 Å². The van der Waals surface area contributed by atoms with E-state index in [1.165, 1.54) is 0 Å². The number of aromatic nitrogens is 3. The first-order valence-corrected chi connectivity index (χ1v) is 7.16. The molecule has 0 aliphatic rings. The first-order valence-electron chi connectivity index (χ1n) is 6.28. The van der Waals surface area contributed by atoms with E-state index in [0.29, 0.717) is 6.42 Å². The Morgan fingerprint density at radius 2 is 2.21 bits per heavy atom. The molecule has 5 heteroatoms. The summed E-state index contributed by atoms with van der Waals surface area (Å²) < 4.78 is 1.57. The predicted octanol–water partition coefficient (Wildman–Crippen LogP) is 2.93. The number of thiophene rings is 1. The fraction of sp³-hybridized carbons (Fsp3) is 0.286. The van der Waals surface area contributed by atoms with Gasteiger partial charge in [0.25, 0.3) is 5.56 Å². The van der Waals surface area contributed by atoms with Crippen LogP contribution in [-0.2, 0) is 6.42 Å². The minimum atomic E-state index is 0.0101. The monoisotopic (exact) mass is 273 g/mol. The Morgan fingerprint density at radius 1 is 1.42 bits per heavy atom. The number of hydrogen-bond donors (Lipinski definition) is 1. The molecule has 0 aromatic carbocycles. The van der Waals surface area contributed by atoms with Crippen LogP contribution in [0.15, 0.2) is 22.3 Å². The van der Waals surface area contributed by atoms with E-state index in [0.717, 1.165) is 33.0 Å². The summed E-state index contributed by atoms with van der Waals surface area (Å²) in [6, 6.07) is 4.06. The topological polar surface area (TPSA) is 50.2 Å². The summed E-state index contributed by atoms with van der Waals surface area (Å²) in [5.74, 6) is 0. The van der Waals surface area contributed by atoms with Gasteiger partial charge < -0.3 is 0 Å². The summed E-state index contributed by atoms with van der Waals surface area (Å²) in [6.45, 7) is 5.86. The van der Waals surface area contributed by atoms with Crippen molar-refractivity contribution in [3.05, 3.63) is 44.8 Å². The lowest BCUT2D eigenvalue weighted by Gasteiger charge is -2.03. The van der Waals surface area contributed by atoms with Crippen LogP contribution in [0, 0.1) is 13.8 Å². The molecule has 0 spiro atoms. The average molecular weight is 273 g/mol. The smallest absolute Gasteiger partial charge is 0.276 e. The molecular weight excluding hydrogens is 258 g/mol. The molecule has 0 bridgehead atoms. The van der Waals surface area contributed by atoms with Gasteiger partial charge in [-0.1, -0.05) is 13.0 Å². The summed E-state index contributed by atoms with van der Waals surface area (Å²) in [5, 5.41) is 5.17. The van der Waals surface area contributed by atoms with Crippen LogP contribution >= 0.6 is 11.3 Å². The lowest BCUT2D eigenvalue weighted by Crippen LogP contribution is -2.21. The van der Waals surface area contributed by atoms with Crippen LogP contribution in [0.4, 0.5) is 0 Å². The molecule has 1 N–H and O–H groups in total. The van der Waals surface area contributed by atoms with Crippen molar-refractivity contribution in [3.63, 3.8) is 0 Å². The van der Waals surface area contributed by atoms with Crippen molar-refractivity contribution in [2.75, 3.05) is 0 Å². The molecule has 0 unspecified atom stereocenters. The first kappa shape index (κ1) is 12.2. The molecule has 0 atom stereocenters. The summed E-state index contributed by atoms with van der Waals surface area (Å²) in [7, 11) is 0. The lowest BCUT2D eigenvalue weighted by molar-refractivity contribution is 0.841. The van der Waals surface area contributed by atoms with Gasteiger partial charge in [0.2, 0.25) is 0 Å². The second kappa shape index (κ2) is 4.35.